The molecule has 1 aliphatic heterocycles. The standard InChI is InChI=1S/C24H18BrClN2OS/c25-16-8-6-15(7-9-16)23-22-19(20-14-17(26)10-11-21(20)27-22)12-13-28(23)24(30)29-18-4-2-1-3-5-18/h1-11,14,23,27H,12-13H2. The first kappa shape index (κ1) is 19.6. The van der Waals surface area contributed by atoms with Gasteiger partial charge in [0.2, 0.25) is 0 Å². The number of hydrogen-bond donors (Lipinski definition) is 1. The molecule has 1 atom stereocenters. The summed E-state index contributed by atoms with van der Waals surface area (Å²) in [6.07, 6.45) is 0.862. The van der Waals surface area contributed by atoms with Gasteiger partial charge in [-0.1, -0.05) is 57.9 Å². The molecule has 0 bridgehead atoms. The van der Waals surface area contributed by atoms with Crippen molar-refractivity contribution in [1.29, 1.82) is 0 Å². The maximum Gasteiger partial charge on any atom is 0.265 e. The number of ether oxygens (including phenoxy) is 1. The van der Waals surface area contributed by atoms with Gasteiger partial charge in [-0.25, -0.2) is 0 Å². The first-order valence-corrected chi connectivity index (χ1v) is 11.3. The maximum atomic E-state index is 6.29. The highest BCUT2D eigenvalue weighted by atomic mass is 79.9. The fourth-order valence-corrected chi connectivity index (χ4v) is 4.83. The molecule has 0 spiro atoms. The van der Waals surface area contributed by atoms with Crippen LogP contribution in [0, 0.1) is 0 Å². The summed E-state index contributed by atoms with van der Waals surface area (Å²) < 4.78 is 7.09. The molecule has 4 aromatic rings. The van der Waals surface area contributed by atoms with Gasteiger partial charge >= 0.3 is 0 Å². The van der Waals surface area contributed by atoms with Crippen LogP contribution in [0.1, 0.15) is 22.9 Å². The average Bonchev–Trinajstić information content (AvgIpc) is 3.12. The van der Waals surface area contributed by atoms with E-state index in [1.807, 2.05) is 48.5 Å². The lowest BCUT2D eigenvalue weighted by atomic mass is 9.93. The number of H-pyrrole nitrogens is 1. The van der Waals surface area contributed by atoms with E-state index in [1.165, 1.54) is 10.9 Å². The number of para-hydroxylation sites is 1. The van der Waals surface area contributed by atoms with Crippen molar-refractivity contribution in [2.45, 2.75) is 12.5 Å². The van der Waals surface area contributed by atoms with E-state index in [4.69, 9.17) is 28.6 Å². The van der Waals surface area contributed by atoms with E-state index in [2.05, 4.69) is 50.1 Å². The van der Waals surface area contributed by atoms with Crippen molar-refractivity contribution in [3.8, 4) is 5.75 Å². The minimum Gasteiger partial charge on any atom is -0.432 e. The largest absolute Gasteiger partial charge is 0.432 e. The minimum absolute atomic E-state index is 0.0655. The summed E-state index contributed by atoms with van der Waals surface area (Å²) in [7, 11) is 0. The van der Waals surface area contributed by atoms with E-state index < -0.39 is 0 Å². The van der Waals surface area contributed by atoms with Crippen LogP contribution in [0.2, 0.25) is 5.02 Å². The molecule has 6 heteroatoms. The Labute approximate surface area is 193 Å². The summed E-state index contributed by atoms with van der Waals surface area (Å²) in [5, 5.41) is 2.39. The lowest BCUT2D eigenvalue weighted by molar-refractivity contribution is 0.289. The summed E-state index contributed by atoms with van der Waals surface area (Å²) in [5.41, 5.74) is 4.66. The summed E-state index contributed by atoms with van der Waals surface area (Å²) in [6.45, 7) is 0.763. The van der Waals surface area contributed by atoms with Gasteiger partial charge in [0.1, 0.15) is 5.75 Å². The fourth-order valence-electron chi connectivity index (χ4n) is 4.10. The first-order valence-electron chi connectivity index (χ1n) is 9.69. The van der Waals surface area contributed by atoms with Crippen LogP contribution >= 0.6 is 39.7 Å². The molecular weight excluding hydrogens is 480 g/mol. The average molecular weight is 498 g/mol. The molecule has 1 unspecified atom stereocenters. The number of benzene rings is 3. The van der Waals surface area contributed by atoms with E-state index in [1.54, 1.807) is 0 Å². The molecule has 5 rings (SSSR count). The molecule has 0 fully saturated rings. The number of fused-ring (bicyclic) bond motifs is 3. The van der Waals surface area contributed by atoms with Crippen LogP contribution < -0.4 is 4.74 Å². The zero-order valence-corrected chi connectivity index (χ0v) is 19.1. The molecular formula is C24H18BrClN2OS. The monoisotopic (exact) mass is 496 g/mol. The second-order valence-corrected chi connectivity index (χ2v) is 8.99. The molecule has 0 amide bonds. The zero-order chi connectivity index (χ0) is 20.7. The number of nitrogens with one attached hydrogen (secondary N) is 1. The number of thiocarbonyl (C=S) groups is 1. The molecule has 1 aromatic heterocycles. The summed E-state index contributed by atoms with van der Waals surface area (Å²) in [5.74, 6) is 0.742. The predicted molar refractivity (Wildman–Crippen MR) is 129 cm³/mol. The van der Waals surface area contributed by atoms with E-state index in [-0.39, 0.29) is 6.04 Å². The topological polar surface area (TPSA) is 28.3 Å². The second kappa shape index (κ2) is 8.06. The van der Waals surface area contributed by atoms with Gasteiger partial charge in [-0.2, -0.15) is 0 Å². The van der Waals surface area contributed by atoms with Crippen LogP contribution in [0.25, 0.3) is 10.9 Å². The van der Waals surface area contributed by atoms with Gasteiger partial charge in [0.15, 0.2) is 0 Å². The predicted octanol–water partition coefficient (Wildman–Crippen LogP) is 6.90. The summed E-state index contributed by atoms with van der Waals surface area (Å²) in [6, 6.07) is 24.0. The molecule has 0 saturated heterocycles. The number of aromatic amines is 1. The van der Waals surface area contributed by atoms with E-state index in [0.717, 1.165) is 45.0 Å². The van der Waals surface area contributed by atoms with Gasteiger partial charge in [0.05, 0.1) is 6.04 Å². The summed E-state index contributed by atoms with van der Waals surface area (Å²) >= 11 is 15.6. The number of halogens is 2. The van der Waals surface area contributed by atoms with Gasteiger partial charge in [0.25, 0.3) is 5.17 Å². The molecule has 1 aliphatic rings. The SMILES string of the molecule is S=C(Oc1ccccc1)N1CCc2c([nH]c3ccc(Cl)cc23)C1c1ccc(Br)cc1. The fraction of sp³-hybridized carbons (Fsp3) is 0.125. The van der Waals surface area contributed by atoms with Crippen molar-refractivity contribution >= 4 is 55.8 Å². The van der Waals surface area contributed by atoms with Crippen LogP contribution in [-0.2, 0) is 6.42 Å². The Bertz CT molecular complexity index is 1220. The molecule has 30 heavy (non-hydrogen) atoms. The van der Waals surface area contributed by atoms with Crippen molar-refractivity contribution in [2.24, 2.45) is 0 Å². The first-order chi connectivity index (χ1) is 14.6. The Hall–Kier alpha value is -2.34. The molecule has 1 N–H and O–H groups in total. The molecule has 3 aromatic carbocycles. The quantitative estimate of drug-likeness (QED) is 0.305. The normalized spacial score (nSPS) is 15.8. The Kier molecular flexibility index (Phi) is 5.27. The number of rotatable bonds is 2. The number of aromatic nitrogens is 1. The lowest BCUT2D eigenvalue weighted by Crippen LogP contribution is -2.42. The van der Waals surface area contributed by atoms with E-state index in [0.29, 0.717) is 5.17 Å². The zero-order valence-electron chi connectivity index (χ0n) is 15.9. The highest BCUT2D eigenvalue weighted by molar-refractivity contribution is 9.10. The Morgan fingerprint density at radius 2 is 1.83 bits per heavy atom. The van der Waals surface area contributed by atoms with E-state index in [9.17, 15) is 0 Å². The lowest BCUT2D eigenvalue weighted by Gasteiger charge is -2.37. The molecule has 0 radical (unpaired) electrons. The van der Waals surface area contributed by atoms with Crippen molar-refractivity contribution in [1.82, 2.24) is 9.88 Å². The number of nitrogens with zero attached hydrogens (tertiary/aromatic N) is 1. The van der Waals surface area contributed by atoms with Gasteiger partial charge in [0, 0.05) is 32.6 Å². The van der Waals surface area contributed by atoms with Gasteiger partial charge in [-0.15, -0.1) is 0 Å². The molecule has 0 saturated carbocycles. The number of hydrogen-bond acceptors (Lipinski definition) is 2. The molecule has 2 heterocycles. The van der Waals surface area contributed by atoms with Crippen molar-refractivity contribution < 1.29 is 4.74 Å². The van der Waals surface area contributed by atoms with Crippen molar-refractivity contribution in [3.63, 3.8) is 0 Å². The van der Waals surface area contributed by atoms with Crippen molar-refractivity contribution in [2.75, 3.05) is 6.54 Å². The minimum atomic E-state index is -0.0655. The molecule has 0 aliphatic carbocycles. The van der Waals surface area contributed by atoms with Crippen LogP contribution in [-0.4, -0.2) is 21.6 Å². The highest BCUT2D eigenvalue weighted by Crippen LogP contribution is 2.39. The van der Waals surface area contributed by atoms with Gasteiger partial charge in [-0.3, -0.25) is 0 Å². The van der Waals surface area contributed by atoms with Crippen LogP contribution in [0.15, 0.2) is 77.3 Å². The van der Waals surface area contributed by atoms with Crippen LogP contribution in [0.5, 0.6) is 5.75 Å². The molecule has 150 valence electrons. The third-order valence-electron chi connectivity index (χ3n) is 5.46. The second-order valence-electron chi connectivity index (χ2n) is 7.29. The Morgan fingerprint density at radius 3 is 2.60 bits per heavy atom. The molecule has 3 nitrogen and oxygen atoms in total. The third kappa shape index (κ3) is 3.62. The Balaban J connectivity index is 1.60. The Morgan fingerprint density at radius 1 is 1.07 bits per heavy atom. The van der Waals surface area contributed by atoms with Gasteiger partial charge < -0.3 is 14.6 Å². The maximum absolute atomic E-state index is 6.29. The summed E-state index contributed by atoms with van der Waals surface area (Å²) in [4.78, 5) is 5.79. The van der Waals surface area contributed by atoms with Crippen molar-refractivity contribution in [3.05, 3.63) is 99.1 Å². The van der Waals surface area contributed by atoms with Crippen LogP contribution in [0.4, 0.5) is 0 Å². The van der Waals surface area contributed by atoms with E-state index >= 15 is 0 Å². The highest BCUT2D eigenvalue weighted by Gasteiger charge is 2.34. The third-order valence-corrected chi connectivity index (χ3v) is 6.54. The van der Waals surface area contributed by atoms with Gasteiger partial charge in [-0.05, 0) is 72.2 Å². The smallest absolute Gasteiger partial charge is 0.265 e. The van der Waals surface area contributed by atoms with Crippen LogP contribution in [0.3, 0.4) is 0 Å².